The summed E-state index contributed by atoms with van der Waals surface area (Å²) in [4.78, 5) is 4.77. The van der Waals surface area contributed by atoms with Crippen molar-refractivity contribution in [1.29, 1.82) is 0 Å². The Hall–Kier alpha value is -1.93. The van der Waals surface area contributed by atoms with E-state index in [1.54, 1.807) is 6.33 Å². The fourth-order valence-electron chi connectivity index (χ4n) is 3.36. The SMILES string of the molecule is CCc1nncn1CCNC(=NCc1ccc(Br)cc1)NC1CCC(O)CC1. The number of nitrogens with one attached hydrogen (secondary N) is 2. The first-order valence-electron chi connectivity index (χ1n) is 9.98. The second-order valence-corrected chi connectivity index (χ2v) is 8.08. The summed E-state index contributed by atoms with van der Waals surface area (Å²) in [5.41, 5.74) is 1.16. The predicted molar refractivity (Wildman–Crippen MR) is 114 cm³/mol. The van der Waals surface area contributed by atoms with Gasteiger partial charge in [-0.05, 0) is 43.4 Å². The van der Waals surface area contributed by atoms with Gasteiger partial charge in [0.25, 0.3) is 0 Å². The van der Waals surface area contributed by atoms with Crippen LogP contribution in [0.1, 0.15) is 44.0 Å². The Kier molecular flexibility index (Phi) is 7.85. The monoisotopic (exact) mass is 448 g/mol. The van der Waals surface area contributed by atoms with Gasteiger partial charge < -0.3 is 20.3 Å². The molecule has 0 atom stereocenters. The van der Waals surface area contributed by atoms with Crippen LogP contribution < -0.4 is 10.6 Å². The van der Waals surface area contributed by atoms with Crippen LogP contribution in [0.2, 0.25) is 0 Å². The number of aryl methyl sites for hydroxylation is 1. The van der Waals surface area contributed by atoms with Crippen molar-refractivity contribution in [3.05, 3.63) is 46.5 Å². The molecule has 3 N–H and O–H groups in total. The van der Waals surface area contributed by atoms with Crippen LogP contribution in [0.4, 0.5) is 0 Å². The standard InChI is InChI=1S/C20H29BrN6O/c1-2-19-26-24-14-27(19)12-11-22-20(25-17-7-9-18(28)10-8-17)23-13-15-3-5-16(21)6-4-15/h3-6,14,17-18,28H,2,7-13H2,1H3,(H2,22,23,25). The van der Waals surface area contributed by atoms with Crippen LogP contribution in [0.3, 0.4) is 0 Å². The first-order chi connectivity index (χ1) is 13.6. The van der Waals surface area contributed by atoms with Gasteiger partial charge in [0.2, 0.25) is 0 Å². The van der Waals surface area contributed by atoms with Gasteiger partial charge in [-0.2, -0.15) is 0 Å². The van der Waals surface area contributed by atoms with Crippen molar-refractivity contribution in [3.8, 4) is 0 Å². The number of aliphatic hydroxyl groups is 1. The van der Waals surface area contributed by atoms with E-state index in [4.69, 9.17) is 4.99 Å². The Morgan fingerprint density at radius 1 is 1.25 bits per heavy atom. The van der Waals surface area contributed by atoms with Gasteiger partial charge in [0, 0.05) is 30.0 Å². The van der Waals surface area contributed by atoms with Gasteiger partial charge in [-0.3, -0.25) is 0 Å². The highest BCUT2D eigenvalue weighted by Gasteiger charge is 2.20. The third-order valence-corrected chi connectivity index (χ3v) is 5.56. The number of aliphatic imine (C=N–C) groups is 1. The first kappa shape index (κ1) is 20.8. The molecule has 1 fully saturated rings. The van der Waals surface area contributed by atoms with Crippen molar-refractivity contribution in [2.45, 2.75) is 64.3 Å². The van der Waals surface area contributed by atoms with Crippen LogP contribution in [-0.2, 0) is 19.5 Å². The summed E-state index contributed by atoms with van der Waals surface area (Å²) in [5, 5.41) is 24.8. The zero-order valence-corrected chi connectivity index (χ0v) is 17.9. The van der Waals surface area contributed by atoms with Crippen LogP contribution in [0.15, 0.2) is 40.1 Å². The highest BCUT2D eigenvalue weighted by atomic mass is 79.9. The minimum Gasteiger partial charge on any atom is -0.393 e. The molecule has 0 aliphatic heterocycles. The molecule has 0 amide bonds. The number of nitrogens with zero attached hydrogens (tertiary/aromatic N) is 4. The number of hydrogen-bond donors (Lipinski definition) is 3. The quantitative estimate of drug-likeness (QED) is 0.447. The van der Waals surface area contributed by atoms with Gasteiger partial charge in [-0.15, -0.1) is 10.2 Å². The lowest BCUT2D eigenvalue weighted by molar-refractivity contribution is 0.120. The molecular weight excluding hydrogens is 420 g/mol. The Labute approximate surface area is 174 Å². The van der Waals surface area contributed by atoms with Gasteiger partial charge in [-0.25, -0.2) is 4.99 Å². The summed E-state index contributed by atoms with van der Waals surface area (Å²) in [6.07, 6.45) is 6.10. The largest absolute Gasteiger partial charge is 0.393 e. The molecular formula is C20H29BrN6O. The Balaban J connectivity index is 1.59. The summed E-state index contributed by atoms with van der Waals surface area (Å²) in [7, 11) is 0. The van der Waals surface area contributed by atoms with Crippen LogP contribution in [-0.4, -0.2) is 44.5 Å². The maximum absolute atomic E-state index is 9.74. The number of guanidine groups is 1. The Bertz CT molecular complexity index is 752. The molecule has 0 bridgehead atoms. The van der Waals surface area contributed by atoms with Crippen LogP contribution >= 0.6 is 15.9 Å². The van der Waals surface area contributed by atoms with Crippen LogP contribution in [0.5, 0.6) is 0 Å². The van der Waals surface area contributed by atoms with E-state index in [9.17, 15) is 5.11 Å². The van der Waals surface area contributed by atoms with E-state index < -0.39 is 0 Å². The van der Waals surface area contributed by atoms with Crippen molar-refractivity contribution in [3.63, 3.8) is 0 Å². The molecule has 1 heterocycles. The number of benzene rings is 1. The van der Waals surface area contributed by atoms with E-state index in [0.717, 1.165) is 67.0 Å². The number of rotatable bonds is 7. The van der Waals surface area contributed by atoms with Gasteiger partial charge in [0.15, 0.2) is 5.96 Å². The molecule has 7 nitrogen and oxygen atoms in total. The van der Waals surface area contributed by atoms with E-state index >= 15 is 0 Å². The summed E-state index contributed by atoms with van der Waals surface area (Å²) in [5.74, 6) is 1.81. The average Bonchev–Trinajstić information content (AvgIpc) is 3.16. The van der Waals surface area contributed by atoms with Gasteiger partial charge in [0.05, 0.1) is 12.6 Å². The Morgan fingerprint density at radius 2 is 2.00 bits per heavy atom. The summed E-state index contributed by atoms with van der Waals surface area (Å²) < 4.78 is 3.13. The third kappa shape index (κ3) is 6.31. The molecule has 1 aromatic carbocycles. The maximum Gasteiger partial charge on any atom is 0.191 e. The molecule has 2 aromatic rings. The second kappa shape index (κ2) is 10.6. The van der Waals surface area contributed by atoms with Crippen molar-refractivity contribution >= 4 is 21.9 Å². The van der Waals surface area contributed by atoms with E-state index in [-0.39, 0.29) is 6.10 Å². The van der Waals surface area contributed by atoms with E-state index in [1.165, 1.54) is 0 Å². The number of aliphatic hydroxyl groups excluding tert-OH is 1. The van der Waals surface area contributed by atoms with Gasteiger partial charge >= 0.3 is 0 Å². The maximum atomic E-state index is 9.74. The first-order valence-corrected chi connectivity index (χ1v) is 10.8. The van der Waals surface area contributed by atoms with E-state index in [0.29, 0.717) is 12.6 Å². The molecule has 1 aromatic heterocycles. The molecule has 152 valence electrons. The van der Waals surface area contributed by atoms with Crippen molar-refractivity contribution < 1.29 is 5.11 Å². The lowest BCUT2D eigenvalue weighted by Crippen LogP contribution is -2.46. The summed E-state index contributed by atoms with van der Waals surface area (Å²) in [6, 6.07) is 8.57. The highest BCUT2D eigenvalue weighted by Crippen LogP contribution is 2.18. The minimum absolute atomic E-state index is 0.157. The molecule has 0 saturated heterocycles. The van der Waals surface area contributed by atoms with E-state index in [1.807, 2.05) is 12.1 Å². The molecule has 8 heteroatoms. The fraction of sp³-hybridized carbons (Fsp3) is 0.550. The smallest absolute Gasteiger partial charge is 0.191 e. The van der Waals surface area contributed by atoms with Crippen molar-refractivity contribution in [2.75, 3.05) is 6.54 Å². The predicted octanol–water partition coefficient (Wildman–Crippen LogP) is 2.64. The van der Waals surface area contributed by atoms with Crippen LogP contribution in [0, 0.1) is 0 Å². The number of aromatic nitrogens is 3. The topological polar surface area (TPSA) is 87.4 Å². The lowest BCUT2D eigenvalue weighted by Gasteiger charge is -2.27. The van der Waals surface area contributed by atoms with Crippen molar-refractivity contribution in [1.82, 2.24) is 25.4 Å². The molecule has 1 aliphatic carbocycles. The fourth-order valence-corrected chi connectivity index (χ4v) is 3.62. The minimum atomic E-state index is -0.157. The normalized spacial score (nSPS) is 20.2. The molecule has 0 unspecified atom stereocenters. The molecule has 1 saturated carbocycles. The lowest BCUT2D eigenvalue weighted by atomic mass is 9.93. The summed E-state index contributed by atoms with van der Waals surface area (Å²) >= 11 is 3.47. The second-order valence-electron chi connectivity index (χ2n) is 7.16. The van der Waals surface area contributed by atoms with Crippen molar-refractivity contribution in [2.24, 2.45) is 4.99 Å². The average molecular weight is 449 g/mol. The molecule has 3 rings (SSSR count). The third-order valence-electron chi connectivity index (χ3n) is 5.03. The summed E-state index contributed by atoms with van der Waals surface area (Å²) in [6.45, 7) is 4.23. The zero-order valence-electron chi connectivity index (χ0n) is 16.3. The zero-order chi connectivity index (χ0) is 19.8. The van der Waals surface area contributed by atoms with Gasteiger partial charge in [-0.1, -0.05) is 35.0 Å². The number of hydrogen-bond acceptors (Lipinski definition) is 4. The van der Waals surface area contributed by atoms with Gasteiger partial charge in [0.1, 0.15) is 12.2 Å². The number of halogens is 1. The van der Waals surface area contributed by atoms with Crippen LogP contribution in [0.25, 0.3) is 0 Å². The molecule has 0 spiro atoms. The Morgan fingerprint density at radius 3 is 2.71 bits per heavy atom. The highest BCUT2D eigenvalue weighted by molar-refractivity contribution is 9.10. The molecule has 28 heavy (non-hydrogen) atoms. The molecule has 1 aliphatic rings. The van der Waals surface area contributed by atoms with E-state index in [2.05, 4.69) is 60.4 Å². The molecule has 0 radical (unpaired) electrons.